The SMILES string of the molecule is CNCC1CCCCN(C(C)C)C1c1cccc(Br)c1. The Labute approximate surface area is 132 Å². The van der Waals surface area contributed by atoms with Gasteiger partial charge in [-0.3, -0.25) is 4.90 Å². The van der Waals surface area contributed by atoms with Crippen LogP contribution in [0.1, 0.15) is 44.7 Å². The summed E-state index contributed by atoms with van der Waals surface area (Å²) in [5.74, 6) is 0.694. The van der Waals surface area contributed by atoms with E-state index in [0.717, 1.165) is 6.54 Å². The summed E-state index contributed by atoms with van der Waals surface area (Å²) in [6, 6.07) is 10.00. The van der Waals surface area contributed by atoms with E-state index < -0.39 is 0 Å². The van der Waals surface area contributed by atoms with Crippen molar-refractivity contribution in [3.05, 3.63) is 34.3 Å². The number of nitrogens with one attached hydrogen (secondary N) is 1. The van der Waals surface area contributed by atoms with Gasteiger partial charge in [0, 0.05) is 16.6 Å². The predicted octanol–water partition coefficient (Wildman–Crippen LogP) is 4.22. The molecule has 1 heterocycles. The van der Waals surface area contributed by atoms with Crippen LogP contribution in [0.3, 0.4) is 0 Å². The Kier molecular flexibility index (Phi) is 6.06. The van der Waals surface area contributed by atoms with Crippen molar-refractivity contribution in [1.82, 2.24) is 10.2 Å². The highest BCUT2D eigenvalue weighted by atomic mass is 79.9. The molecule has 0 spiro atoms. The number of likely N-dealkylation sites (tertiary alicyclic amines) is 1. The second kappa shape index (κ2) is 7.58. The molecule has 2 rings (SSSR count). The summed E-state index contributed by atoms with van der Waals surface area (Å²) in [4.78, 5) is 2.69. The van der Waals surface area contributed by atoms with E-state index in [0.29, 0.717) is 18.0 Å². The first-order valence-corrected chi connectivity index (χ1v) is 8.58. The fraction of sp³-hybridized carbons (Fsp3) is 0.647. The van der Waals surface area contributed by atoms with Gasteiger partial charge >= 0.3 is 0 Å². The van der Waals surface area contributed by atoms with E-state index in [9.17, 15) is 0 Å². The van der Waals surface area contributed by atoms with Crippen LogP contribution in [0.15, 0.2) is 28.7 Å². The van der Waals surface area contributed by atoms with E-state index in [1.165, 1.54) is 35.8 Å². The molecule has 1 fully saturated rings. The summed E-state index contributed by atoms with van der Waals surface area (Å²) in [6.07, 6.45) is 3.99. The Bertz CT molecular complexity index is 419. The van der Waals surface area contributed by atoms with E-state index in [-0.39, 0.29) is 0 Å². The van der Waals surface area contributed by atoms with E-state index in [4.69, 9.17) is 0 Å². The van der Waals surface area contributed by atoms with Gasteiger partial charge in [0.15, 0.2) is 0 Å². The zero-order valence-electron chi connectivity index (χ0n) is 12.9. The van der Waals surface area contributed by atoms with Gasteiger partial charge in [-0.25, -0.2) is 0 Å². The van der Waals surface area contributed by atoms with Crippen LogP contribution >= 0.6 is 15.9 Å². The Morgan fingerprint density at radius 3 is 2.80 bits per heavy atom. The van der Waals surface area contributed by atoms with Crippen molar-refractivity contribution in [2.45, 2.75) is 45.2 Å². The minimum atomic E-state index is 0.530. The molecular weight excluding hydrogens is 312 g/mol. The third-order valence-corrected chi connectivity index (χ3v) is 4.86. The number of hydrogen-bond donors (Lipinski definition) is 1. The molecule has 0 radical (unpaired) electrons. The standard InChI is InChI=1S/C17H27BrN2/c1-13(2)20-10-5-4-7-15(12-19-3)17(20)14-8-6-9-16(18)11-14/h6,8-9,11,13,15,17,19H,4-5,7,10,12H2,1-3H3. The van der Waals surface area contributed by atoms with Crippen LogP contribution in [0.4, 0.5) is 0 Å². The second-order valence-electron chi connectivity index (χ2n) is 6.14. The van der Waals surface area contributed by atoms with Gasteiger partial charge in [0.2, 0.25) is 0 Å². The first-order valence-electron chi connectivity index (χ1n) is 7.79. The van der Waals surface area contributed by atoms with Gasteiger partial charge in [-0.05, 0) is 70.4 Å². The summed E-state index contributed by atoms with van der Waals surface area (Å²) in [5, 5.41) is 3.40. The van der Waals surface area contributed by atoms with Crippen molar-refractivity contribution >= 4 is 15.9 Å². The molecule has 0 bridgehead atoms. The number of benzene rings is 1. The van der Waals surface area contributed by atoms with E-state index >= 15 is 0 Å². The molecule has 2 nitrogen and oxygen atoms in total. The van der Waals surface area contributed by atoms with Gasteiger partial charge in [0.05, 0.1) is 0 Å². The van der Waals surface area contributed by atoms with Crippen LogP contribution in [-0.2, 0) is 0 Å². The maximum Gasteiger partial charge on any atom is 0.0391 e. The second-order valence-corrected chi connectivity index (χ2v) is 7.06. The van der Waals surface area contributed by atoms with Crippen molar-refractivity contribution in [2.75, 3.05) is 20.1 Å². The fourth-order valence-electron chi connectivity index (χ4n) is 3.48. The molecule has 2 unspecified atom stereocenters. The lowest BCUT2D eigenvalue weighted by molar-refractivity contribution is 0.118. The lowest BCUT2D eigenvalue weighted by Gasteiger charge is -2.38. The zero-order valence-corrected chi connectivity index (χ0v) is 14.5. The maximum atomic E-state index is 3.63. The minimum Gasteiger partial charge on any atom is -0.319 e. The topological polar surface area (TPSA) is 15.3 Å². The van der Waals surface area contributed by atoms with Crippen molar-refractivity contribution in [1.29, 1.82) is 0 Å². The quantitative estimate of drug-likeness (QED) is 0.884. The lowest BCUT2D eigenvalue weighted by Crippen LogP contribution is -2.40. The number of nitrogens with zero attached hydrogens (tertiary/aromatic N) is 1. The van der Waals surface area contributed by atoms with Crippen LogP contribution in [0.2, 0.25) is 0 Å². The number of halogens is 1. The molecule has 0 aromatic heterocycles. The number of rotatable bonds is 4. The van der Waals surface area contributed by atoms with E-state index in [2.05, 4.69) is 71.3 Å². The number of hydrogen-bond acceptors (Lipinski definition) is 2. The third kappa shape index (κ3) is 3.84. The van der Waals surface area contributed by atoms with Gasteiger partial charge in [-0.1, -0.05) is 34.5 Å². The molecule has 20 heavy (non-hydrogen) atoms. The Balaban J connectivity index is 2.36. The maximum absolute atomic E-state index is 3.63. The average Bonchev–Trinajstić information content (AvgIpc) is 2.61. The monoisotopic (exact) mass is 338 g/mol. The summed E-state index contributed by atoms with van der Waals surface area (Å²) in [7, 11) is 2.07. The summed E-state index contributed by atoms with van der Waals surface area (Å²) < 4.78 is 1.19. The summed E-state index contributed by atoms with van der Waals surface area (Å²) in [5.41, 5.74) is 1.45. The predicted molar refractivity (Wildman–Crippen MR) is 90.0 cm³/mol. The van der Waals surface area contributed by atoms with Gasteiger partial charge in [0.1, 0.15) is 0 Å². The van der Waals surface area contributed by atoms with Gasteiger partial charge in [0.25, 0.3) is 0 Å². The van der Waals surface area contributed by atoms with Gasteiger partial charge in [-0.15, -0.1) is 0 Å². The van der Waals surface area contributed by atoms with Crippen molar-refractivity contribution in [3.63, 3.8) is 0 Å². The molecule has 1 aromatic carbocycles. The highest BCUT2D eigenvalue weighted by molar-refractivity contribution is 9.10. The van der Waals surface area contributed by atoms with Crippen LogP contribution < -0.4 is 5.32 Å². The highest BCUT2D eigenvalue weighted by Gasteiger charge is 2.32. The molecule has 3 heteroatoms. The van der Waals surface area contributed by atoms with Crippen LogP contribution in [0, 0.1) is 5.92 Å². The molecule has 2 atom stereocenters. The first-order chi connectivity index (χ1) is 9.63. The molecule has 1 saturated heterocycles. The third-order valence-electron chi connectivity index (χ3n) is 4.36. The zero-order chi connectivity index (χ0) is 14.5. The van der Waals surface area contributed by atoms with Crippen LogP contribution in [0.25, 0.3) is 0 Å². The summed E-state index contributed by atoms with van der Waals surface area (Å²) in [6.45, 7) is 6.97. The molecule has 1 aliphatic heterocycles. The van der Waals surface area contributed by atoms with Crippen LogP contribution in [-0.4, -0.2) is 31.1 Å². The van der Waals surface area contributed by atoms with Gasteiger partial charge < -0.3 is 5.32 Å². The molecular formula is C17H27BrN2. The smallest absolute Gasteiger partial charge is 0.0391 e. The first kappa shape index (κ1) is 16.0. The summed E-state index contributed by atoms with van der Waals surface area (Å²) >= 11 is 3.63. The largest absolute Gasteiger partial charge is 0.319 e. The van der Waals surface area contributed by atoms with E-state index in [1.807, 2.05) is 0 Å². The Morgan fingerprint density at radius 2 is 2.15 bits per heavy atom. The lowest BCUT2D eigenvalue weighted by atomic mass is 9.88. The minimum absolute atomic E-state index is 0.530. The molecule has 0 aliphatic carbocycles. The van der Waals surface area contributed by atoms with Crippen molar-refractivity contribution < 1.29 is 0 Å². The molecule has 1 aromatic rings. The van der Waals surface area contributed by atoms with Crippen molar-refractivity contribution in [3.8, 4) is 0 Å². The van der Waals surface area contributed by atoms with Gasteiger partial charge in [-0.2, -0.15) is 0 Å². The molecule has 1 aliphatic rings. The highest BCUT2D eigenvalue weighted by Crippen LogP contribution is 2.36. The average molecular weight is 339 g/mol. The molecule has 0 amide bonds. The molecule has 0 saturated carbocycles. The van der Waals surface area contributed by atoms with E-state index in [1.54, 1.807) is 0 Å². The molecule has 112 valence electrons. The Hall–Kier alpha value is -0.380. The normalized spacial score (nSPS) is 24.9. The van der Waals surface area contributed by atoms with Crippen molar-refractivity contribution in [2.24, 2.45) is 5.92 Å². The Morgan fingerprint density at radius 1 is 1.35 bits per heavy atom. The fourth-order valence-corrected chi connectivity index (χ4v) is 3.90. The van der Waals surface area contributed by atoms with Crippen LogP contribution in [0.5, 0.6) is 0 Å². The molecule has 1 N–H and O–H groups in total.